The van der Waals surface area contributed by atoms with Gasteiger partial charge < -0.3 is 5.32 Å². The van der Waals surface area contributed by atoms with Gasteiger partial charge in [-0.1, -0.05) is 19.6 Å². The monoisotopic (exact) mass is 178 g/mol. The van der Waals surface area contributed by atoms with E-state index < -0.39 is 0 Å². The quantitative estimate of drug-likeness (QED) is 0.659. The Morgan fingerprint density at radius 1 is 1.54 bits per heavy atom. The highest BCUT2D eigenvalue weighted by Gasteiger charge is 2.18. The van der Waals surface area contributed by atoms with Crippen LogP contribution in [0.25, 0.3) is 0 Å². The van der Waals surface area contributed by atoms with Crippen LogP contribution in [0.2, 0.25) is 0 Å². The molecule has 0 radical (unpaired) electrons. The van der Waals surface area contributed by atoms with Crippen molar-refractivity contribution in [3.8, 4) is 0 Å². The highest BCUT2D eigenvalue weighted by Crippen LogP contribution is 2.12. The highest BCUT2D eigenvalue weighted by atomic mass is 14.9. The molecule has 0 bridgehead atoms. The van der Waals surface area contributed by atoms with E-state index in [9.17, 15) is 0 Å². The van der Waals surface area contributed by atoms with Crippen molar-refractivity contribution in [2.45, 2.75) is 32.2 Å². The standard InChI is InChI=1S/C11H18N2/c1-4-12-11(9(2)3)10-7-5-6-8-13-10/h4,10,13H,1-2,5-8H2,3H3. The fourth-order valence-corrected chi connectivity index (χ4v) is 1.68. The summed E-state index contributed by atoms with van der Waals surface area (Å²) in [5, 5.41) is 3.45. The molecule has 13 heavy (non-hydrogen) atoms. The first-order valence-corrected chi connectivity index (χ1v) is 4.83. The summed E-state index contributed by atoms with van der Waals surface area (Å²) in [5.41, 5.74) is 2.11. The molecule has 1 heterocycles. The van der Waals surface area contributed by atoms with Gasteiger partial charge >= 0.3 is 0 Å². The SMILES string of the molecule is C=CN=C(C(=C)C)C1CCCCN1. The first-order valence-electron chi connectivity index (χ1n) is 4.83. The molecule has 1 fully saturated rings. The summed E-state index contributed by atoms with van der Waals surface area (Å²) in [5.74, 6) is 0. The van der Waals surface area contributed by atoms with Gasteiger partial charge in [-0.05, 0) is 31.9 Å². The molecule has 0 aromatic rings. The molecule has 2 heteroatoms. The minimum Gasteiger partial charge on any atom is -0.309 e. The molecule has 0 amide bonds. The van der Waals surface area contributed by atoms with Crippen LogP contribution in [-0.2, 0) is 0 Å². The van der Waals surface area contributed by atoms with Crippen LogP contribution in [0.3, 0.4) is 0 Å². The van der Waals surface area contributed by atoms with Crippen molar-refractivity contribution in [1.82, 2.24) is 5.32 Å². The van der Waals surface area contributed by atoms with E-state index in [0.717, 1.165) is 17.8 Å². The summed E-state index contributed by atoms with van der Waals surface area (Å²) in [6.45, 7) is 10.6. The van der Waals surface area contributed by atoms with Crippen LogP contribution in [-0.4, -0.2) is 18.3 Å². The Morgan fingerprint density at radius 3 is 2.77 bits per heavy atom. The van der Waals surface area contributed by atoms with Gasteiger partial charge in [-0.15, -0.1) is 0 Å². The Kier molecular flexibility index (Phi) is 3.90. The molecule has 1 aliphatic heterocycles. The van der Waals surface area contributed by atoms with Gasteiger partial charge in [-0.25, -0.2) is 0 Å². The summed E-state index contributed by atoms with van der Waals surface area (Å²) in [6.07, 6.45) is 5.31. The van der Waals surface area contributed by atoms with E-state index in [1.54, 1.807) is 6.20 Å². The van der Waals surface area contributed by atoms with Crippen LogP contribution < -0.4 is 5.32 Å². The summed E-state index contributed by atoms with van der Waals surface area (Å²) in [4.78, 5) is 4.27. The molecule has 0 aromatic heterocycles. The summed E-state index contributed by atoms with van der Waals surface area (Å²) in [6, 6.07) is 0.393. The Bertz CT molecular complexity index is 222. The molecule has 72 valence electrons. The van der Waals surface area contributed by atoms with Crippen molar-refractivity contribution >= 4 is 5.71 Å². The summed E-state index contributed by atoms with van der Waals surface area (Å²) >= 11 is 0. The van der Waals surface area contributed by atoms with Crippen LogP contribution in [0.5, 0.6) is 0 Å². The predicted molar refractivity (Wildman–Crippen MR) is 58.1 cm³/mol. The molecule has 2 nitrogen and oxygen atoms in total. The Morgan fingerprint density at radius 2 is 2.31 bits per heavy atom. The molecule has 1 aliphatic rings. The van der Waals surface area contributed by atoms with Gasteiger partial charge in [0.25, 0.3) is 0 Å². The van der Waals surface area contributed by atoms with Crippen molar-refractivity contribution in [3.05, 3.63) is 24.9 Å². The van der Waals surface area contributed by atoms with Gasteiger partial charge in [0.1, 0.15) is 0 Å². The molecule has 1 saturated heterocycles. The van der Waals surface area contributed by atoms with Gasteiger partial charge in [0.05, 0.1) is 5.71 Å². The highest BCUT2D eigenvalue weighted by molar-refractivity contribution is 6.03. The second-order valence-corrected chi connectivity index (χ2v) is 3.48. The molecule has 0 aliphatic carbocycles. The normalized spacial score (nSPS) is 24.1. The lowest BCUT2D eigenvalue weighted by Crippen LogP contribution is -2.40. The summed E-state index contributed by atoms with van der Waals surface area (Å²) in [7, 11) is 0. The zero-order valence-electron chi connectivity index (χ0n) is 8.34. The zero-order valence-corrected chi connectivity index (χ0v) is 8.34. The third-order valence-corrected chi connectivity index (χ3v) is 2.31. The van der Waals surface area contributed by atoms with Crippen molar-refractivity contribution < 1.29 is 0 Å². The van der Waals surface area contributed by atoms with Crippen LogP contribution in [0, 0.1) is 0 Å². The lowest BCUT2D eigenvalue weighted by atomic mass is 9.97. The number of hydrogen-bond donors (Lipinski definition) is 1. The number of nitrogens with zero attached hydrogens (tertiary/aromatic N) is 1. The molecule has 0 aromatic carbocycles. The Balaban J connectivity index is 2.68. The van der Waals surface area contributed by atoms with E-state index in [-0.39, 0.29) is 0 Å². The smallest absolute Gasteiger partial charge is 0.0596 e. The molecule has 1 N–H and O–H groups in total. The number of piperidine rings is 1. The maximum Gasteiger partial charge on any atom is 0.0596 e. The van der Waals surface area contributed by atoms with Gasteiger partial charge in [0.2, 0.25) is 0 Å². The third kappa shape index (κ3) is 2.81. The largest absolute Gasteiger partial charge is 0.309 e. The Labute approximate surface area is 80.4 Å². The van der Waals surface area contributed by atoms with E-state index in [0.29, 0.717) is 6.04 Å². The van der Waals surface area contributed by atoms with Crippen molar-refractivity contribution in [1.29, 1.82) is 0 Å². The molecule has 1 atom stereocenters. The molecule has 1 rings (SSSR count). The number of hydrogen-bond acceptors (Lipinski definition) is 2. The fraction of sp³-hybridized carbons (Fsp3) is 0.545. The average Bonchev–Trinajstić information content (AvgIpc) is 2.15. The van der Waals surface area contributed by atoms with Crippen LogP contribution >= 0.6 is 0 Å². The first kappa shape index (κ1) is 10.2. The zero-order chi connectivity index (χ0) is 9.68. The van der Waals surface area contributed by atoms with E-state index in [2.05, 4.69) is 23.5 Å². The lowest BCUT2D eigenvalue weighted by Gasteiger charge is -2.24. The van der Waals surface area contributed by atoms with E-state index in [1.807, 2.05) is 6.92 Å². The van der Waals surface area contributed by atoms with Crippen LogP contribution in [0.15, 0.2) is 29.9 Å². The maximum atomic E-state index is 4.27. The predicted octanol–water partition coefficient (Wildman–Crippen LogP) is 2.29. The van der Waals surface area contributed by atoms with E-state index >= 15 is 0 Å². The second kappa shape index (κ2) is 4.97. The minimum atomic E-state index is 0.393. The number of aliphatic imine (C=N–C) groups is 1. The topological polar surface area (TPSA) is 24.4 Å². The van der Waals surface area contributed by atoms with Gasteiger partial charge in [-0.3, -0.25) is 4.99 Å². The minimum absolute atomic E-state index is 0.393. The Hall–Kier alpha value is -0.890. The maximum absolute atomic E-state index is 4.27. The van der Waals surface area contributed by atoms with Crippen molar-refractivity contribution in [2.75, 3.05) is 6.54 Å². The molecule has 0 spiro atoms. The summed E-state index contributed by atoms with van der Waals surface area (Å²) < 4.78 is 0. The fourth-order valence-electron chi connectivity index (χ4n) is 1.68. The van der Waals surface area contributed by atoms with Crippen LogP contribution in [0.4, 0.5) is 0 Å². The molecule has 0 saturated carbocycles. The molecular formula is C11H18N2. The number of rotatable bonds is 3. The second-order valence-electron chi connectivity index (χ2n) is 3.48. The van der Waals surface area contributed by atoms with E-state index in [4.69, 9.17) is 0 Å². The molecular weight excluding hydrogens is 160 g/mol. The van der Waals surface area contributed by atoms with Gasteiger partial charge in [0, 0.05) is 12.2 Å². The van der Waals surface area contributed by atoms with Gasteiger partial charge in [0.15, 0.2) is 0 Å². The number of nitrogens with one attached hydrogen (secondary N) is 1. The van der Waals surface area contributed by atoms with Crippen LogP contribution in [0.1, 0.15) is 26.2 Å². The molecule has 1 unspecified atom stereocenters. The average molecular weight is 178 g/mol. The third-order valence-electron chi connectivity index (χ3n) is 2.31. The van der Waals surface area contributed by atoms with E-state index in [1.165, 1.54) is 19.3 Å². The van der Waals surface area contributed by atoms with Crippen molar-refractivity contribution in [2.24, 2.45) is 4.99 Å². The van der Waals surface area contributed by atoms with Crippen molar-refractivity contribution in [3.63, 3.8) is 0 Å². The lowest BCUT2D eigenvalue weighted by molar-refractivity contribution is 0.471. The van der Waals surface area contributed by atoms with Gasteiger partial charge in [-0.2, -0.15) is 0 Å². The first-order chi connectivity index (χ1) is 6.25.